The van der Waals surface area contributed by atoms with E-state index in [1.165, 1.54) is 10.9 Å². The van der Waals surface area contributed by atoms with Gasteiger partial charge < -0.3 is 25.8 Å². The number of aliphatic hydroxyl groups is 3. The highest BCUT2D eigenvalue weighted by molar-refractivity contribution is 5.86. The number of aromatic nitrogens is 3. The third-order valence-electron chi connectivity index (χ3n) is 3.52. The summed E-state index contributed by atoms with van der Waals surface area (Å²) < 4.78 is 6.94. The van der Waals surface area contributed by atoms with E-state index in [1.54, 1.807) is 12.3 Å². The highest BCUT2D eigenvalue weighted by atomic mass is 16.6. The predicted molar refractivity (Wildman–Crippen MR) is 73.9 cm³/mol. The standard InChI is InChI=1S/C13H14N4O4/c1-2-13(20)9(19)8(5-18)21-12(13)17-4-3-7-10(14)15-6-16-11(7)17/h2-4,6,12,18-20H,1,5H2,(H2,14,15,16)/t12-,13?/m1/s1. The molecule has 0 amide bonds. The van der Waals surface area contributed by atoms with Crippen molar-refractivity contribution in [1.29, 1.82) is 0 Å². The zero-order valence-corrected chi connectivity index (χ0v) is 11.0. The smallest absolute Gasteiger partial charge is 0.217 e. The molecule has 0 spiro atoms. The minimum atomic E-state index is -1.87. The molecule has 8 heteroatoms. The Hall–Kier alpha value is -2.58. The van der Waals surface area contributed by atoms with Crippen molar-refractivity contribution in [3.8, 4) is 0 Å². The molecule has 8 nitrogen and oxygen atoms in total. The number of nitrogens with zero attached hydrogens (tertiary/aromatic N) is 3. The fourth-order valence-corrected chi connectivity index (χ4v) is 2.38. The quantitative estimate of drug-likeness (QED) is 0.595. The molecular weight excluding hydrogens is 276 g/mol. The first-order valence-electron chi connectivity index (χ1n) is 6.16. The van der Waals surface area contributed by atoms with E-state index in [-0.39, 0.29) is 5.76 Å². The maximum Gasteiger partial charge on any atom is 0.217 e. The van der Waals surface area contributed by atoms with Gasteiger partial charge in [0.05, 0.1) is 5.39 Å². The van der Waals surface area contributed by atoms with Gasteiger partial charge in [0, 0.05) is 6.20 Å². The average molecular weight is 290 g/mol. The van der Waals surface area contributed by atoms with Gasteiger partial charge in [-0.2, -0.15) is 0 Å². The first-order chi connectivity index (χ1) is 10.0. The maximum atomic E-state index is 10.6. The number of ether oxygens (including phenoxy) is 1. The number of aliphatic hydroxyl groups excluding tert-OH is 2. The van der Waals surface area contributed by atoms with Crippen LogP contribution < -0.4 is 5.73 Å². The maximum absolute atomic E-state index is 10.6. The van der Waals surface area contributed by atoms with E-state index in [2.05, 4.69) is 16.5 Å². The summed E-state index contributed by atoms with van der Waals surface area (Å²) in [6.07, 6.45) is 2.98. The van der Waals surface area contributed by atoms with Gasteiger partial charge in [-0.1, -0.05) is 6.58 Å². The van der Waals surface area contributed by atoms with Gasteiger partial charge in [-0.05, 0) is 12.1 Å². The second kappa shape index (κ2) is 4.47. The largest absolute Gasteiger partial charge is 0.506 e. The molecule has 5 N–H and O–H groups in total. The van der Waals surface area contributed by atoms with Crippen LogP contribution in [-0.2, 0) is 4.74 Å². The molecule has 0 radical (unpaired) electrons. The number of hydrogen-bond donors (Lipinski definition) is 4. The Bertz CT molecular complexity index is 754. The number of fused-ring (bicyclic) bond motifs is 1. The van der Waals surface area contributed by atoms with E-state index in [1.807, 2.05) is 0 Å². The van der Waals surface area contributed by atoms with Crippen LogP contribution in [0.2, 0.25) is 0 Å². The van der Waals surface area contributed by atoms with Crippen molar-refractivity contribution in [2.75, 3.05) is 12.3 Å². The highest BCUT2D eigenvalue weighted by Crippen LogP contribution is 2.42. The van der Waals surface area contributed by atoms with E-state index < -0.39 is 24.2 Å². The van der Waals surface area contributed by atoms with Crippen LogP contribution in [0.25, 0.3) is 11.0 Å². The van der Waals surface area contributed by atoms with Gasteiger partial charge in [-0.3, -0.25) is 4.57 Å². The summed E-state index contributed by atoms with van der Waals surface area (Å²) in [7, 11) is 0. The SMILES string of the molecule is C=CC1(O)C(O)=C(CO)O[C@H]1n1ccc2c(N)ncnc21. The molecule has 3 heterocycles. The van der Waals surface area contributed by atoms with Crippen LogP contribution in [-0.4, -0.2) is 42.1 Å². The highest BCUT2D eigenvalue weighted by Gasteiger charge is 2.49. The van der Waals surface area contributed by atoms with E-state index in [0.29, 0.717) is 16.9 Å². The van der Waals surface area contributed by atoms with E-state index in [0.717, 1.165) is 6.08 Å². The Morgan fingerprint density at radius 1 is 1.52 bits per heavy atom. The summed E-state index contributed by atoms with van der Waals surface area (Å²) in [5.41, 5.74) is 4.32. The van der Waals surface area contributed by atoms with Crippen LogP contribution in [0, 0.1) is 0 Å². The molecular formula is C13H14N4O4. The minimum absolute atomic E-state index is 0.119. The van der Waals surface area contributed by atoms with Crippen LogP contribution in [0.4, 0.5) is 5.82 Å². The molecule has 0 aliphatic carbocycles. The monoisotopic (exact) mass is 290 g/mol. The van der Waals surface area contributed by atoms with Gasteiger partial charge in [-0.15, -0.1) is 0 Å². The van der Waals surface area contributed by atoms with E-state index in [4.69, 9.17) is 10.5 Å². The van der Waals surface area contributed by atoms with Crippen LogP contribution in [0.1, 0.15) is 6.23 Å². The summed E-state index contributed by atoms with van der Waals surface area (Å²) >= 11 is 0. The fourth-order valence-electron chi connectivity index (χ4n) is 2.38. The fraction of sp³-hybridized carbons (Fsp3) is 0.231. The molecule has 0 saturated heterocycles. The average Bonchev–Trinajstić information content (AvgIpc) is 3.01. The molecule has 2 atom stereocenters. The lowest BCUT2D eigenvalue weighted by atomic mass is 10.0. The Morgan fingerprint density at radius 2 is 2.29 bits per heavy atom. The molecule has 0 saturated carbocycles. The van der Waals surface area contributed by atoms with Crippen LogP contribution in [0.5, 0.6) is 0 Å². The van der Waals surface area contributed by atoms with Crippen molar-refractivity contribution in [2.24, 2.45) is 0 Å². The number of anilines is 1. The van der Waals surface area contributed by atoms with Crippen LogP contribution in [0.3, 0.4) is 0 Å². The lowest BCUT2D eigenvalue weighted by Gasteiger charge is -2.26. The number of nitrogens with two attached hydrogens (primary N) is 1. The molecule has 2 aromatic rings. The third-order valence-corrected chi connectivity index (χ3v) is 3.52. The van der Waals surface area contributed by atoms with Gasteiger partial charge >= 0.3 is 0 Å². The van der Waals surface area contributed by atoms with Gasteiger partial charge in [0.25, 0.3) is 0 Å². The minimum Gasteiger partial charge on any atom is -0.506 e. The van der Waals surface area contributed by atoms with Gasteiger partial charge in [-0.25, -0.2) is 9.97 Å². The summed E-state index contributed by atoms with van der Waals surface area (Å²) in [6.45, 7) is 2.97. The van der Waals surface area contributed by atoms with Gasteiger partial charge in [0.1, 0.15) is 24.4 Å². The molecule has 0 aromatic carbocycles. The Kier molecular flexibility index (Phi) is 2.85. The second-order valence-electron chi connectivity index (χ2n) is 4.65. The van der Waals surface area contributed by atoms with Crippen molar-refractivity contribution in [3.05, 3.63) is 42.8 Å². The topological polar surface area (TPSA) is 127 Å². The zero-order chi connectivity index (χ0) is 15.2. The molecule has 110 valence electrons. The summed E-state index contributed by atoms with van der Waals surface area (Å²) in [5, 5.41) is 30.4. The molecule has 2 aromatic heterocycles. The lowest BCUT2D eigenvalue weighted by Crippen LogP contribution is -2.36. The number of nitrogen functional groups attached to an aromatic ring is 1. The normalized spacial score (nSPS) is 25.3. The molecule has 3 rings (SSSR count). The van der Waals surface area contributed by atoms with Crippen molar-refractivity contribution >= 4 is 16.9 Å². The lowest BCUT2D eigenvalue weighted by molar-refractivity contribution is -0.0561. The third kappa shape index (κ3) is 1.70. The van der Waals surface area contributed by atoms with E-state index in [9.17, 15) is 15.3 Å². The van der Waals surface area contributed by atoms with Gasteiger partial charge in [0.2, 0.25) is 6.23 Å². The Morgan fingerprint density at radius 3 is 2.95 bits per heavy atom. The van der Waals surface area contributed by atoms with Crippen molar-refractivity contribution in [3.63, 3.8) is 0 Å². The predicted octanol–water partition coefficient (Wildman–Crippen LogP) is 0.221. The molecule has 1 unspecified atom stereocenters. The summed E-state index contributed by atoms with van der Waals surface area (Å²) in [6, 6.07) is 1.67. The van der Waals surface area contributed by atoms with Crippen molar-refractivity contribution < 1.29 is 20.1 Å². The molecule has 1 aliphatic rings. The summed E-state index contributed by atoms with van der Waals surface area (Å²) in [5.74, 6) is -0.307. The number of rotatable bonds is 3. The molecule has 1 aliphatic heterocycles. The van der Waals surface area contributed by atoms with Gasteiger partial charge in [0.15, 0.2) is 17.1 Å². The van der Waals surface area contributed by atoms with Crippen LogP contribution >= 0.6 is 0 Å². The Balaban J connectivity index is 2.16. The number of hydrogen-bond acceptors (Lipinski definition) is 7. The van der Waals surface area contributed by atoms with Crippen molar-refractivity contribution in [2.45, 2.75) is 11.8 Å². The summed E-state index contributed by atoms with van der Waals surface area (Å²) in [4.78, 5) is 7.99. The first kappa shape index (κ1) is 13.4. The van der Waals surface area contributed by atoms with E-state index >= 15 is 0 Å². The van der Waals surface area contributed by atoms with Crippen LogP contribution in [0.15, 0.2) is 42.8 Å². The Labute approximate surface area is 119 Å². The molecule has 0 fully saturated rings. The molecule has 0 bridgehead atoms. The zero-order valence-electron chi connectivity index (χ0n) is 11.0. The first-order valence-corrected chi connectivity index (χ1v) is 6.16. The molecule has 21 heavy (non-hydrogen) atoms. The van der Waals surface area contributed by atoms with Crippen molar-refractivity contribution in [1.82, 2.24) is 14.5 Å². The second-order valence-corrected chi connectivity index (χ2v) is 4.65.